The topological polar surface area (TPSA) is 380 Å². The Morgan fingerprint density at radius 3 is 1.85 bits per heavy atom. The third-order valence-electron chi connectivity index (χ3n) is 18.4. The lowest BCUT2D eigenvalue weighted by molar-refractivity contribution is -0.388. The molecule has 0 aromatic carbocycles. The van der Waals surface area contributed by atoms with E-state index in [1.165, 1.54) is 20.8 Å². The molecule has 0 aromatic heterocycles. The zero-order valence-electron chi connectivity index (χ0n) is 43.3. The maximum absolute atomic E-state index is 13.6. The number of rotatable bonds is 16. The van der Waals surface area contributed by atoms with Crippen molar-refractivity contribution >= 4 is 11.8 Å². The average molecular weight is 1080 g/mol. The second-order valence-electron chi connectivity index (χ2n) is 23.3. The second-order valence-corrected chi connectivity index (χ2v) is 23.3. The summed E-state index contributed by atoms with van der Waals surface area (Å²) in [6, 6.07) is 0. The van der Waals surface area contributed by atoms with Crippen LogP contribution in [0, 0.1) is 40.4 Å². The molecule has 13 N–H and O–H groups in total. The summed E-state index contributed by atoms with van der Waals surface area (Å²) in [7, 11) is 0. The smallest absolute Gasteiger partial charge is 0.335 e. The number of allylic oxidation sites excluding steroid dienone is 1. The summed E-state index contributed by atoms with van der Waals surface area (Å²) in [5, 5.41) is 137. The van der Waals surface area contributed by atoms with Crippen LogP contribution in [0.15, 0.2) is 11.6 Å². The van der Waals surface area contributed by atoms with Gasteiger partial charge in [-0.3, -0.25) is 4.79 Å². The van der Waals surface area contributed by atoms with Crippen LogP contribution >= 0.6 is 0 Å². The molecule has 8 rings (SSSR count). The minimum absolute atomic E-state index is 0.00784. The van der Waals surface area contributed by atoms with Crippen LogP contribution < -0.4 is 0 Å². The van der Waals surface area contributed by atoms with E-state index >= 15 is 0 Å². The van der Waals surface area contributed by atoms with Crippen LogP contribution in [0.25, 0.3) is 0 Å². The fraction of sp³-hybridized carbons (Fsp3) is 0.922. The number of ether oxygens (including phenoxy) is 9. The standard InChI is InChI=1S/C51H82O24/c1-19(18-67-46-39(62)38(61)35(58)30(16-52)72-46)13-28(55)45(66)71-29-15-27-25-8-7-23-14-24(9-11-50(23,5)26(25)10-12-51(27,6)32(29)20(2)54)70-49-44(75-48-41(64)37(60)34(57)22(4)69-48)42(65)43(31(17-53)73-49)74-47-40(63)36(59)33(56)21(3)68-47/h7,19,21-22,24-44,46-49,52-53,55-65H,8-18H2,1-6H3/t19-,21+,22+,24+,25-,26+,27+,28+,29-,30+,31+,32+,33+,34+,35+,36-,37-,38-,39+,40-,41-,42-,43+,44+,46+,47+,48+,49+,50+,51+/m1/s1. The zero-order chi connectivity index (χ0) is 54.7. The monoisotopic (exact) mass is 1080 g/mol. The molecule has 7 fully saturated rings. The number of ketones is 1. The highest BCUT2D eigenvalue weighted by atomic mass is 16.8. The lowest BCUT2D eigenvalue weighted by atomic mass is 9.47. The predicted octanol–water partition coefficient (Wildman–Crippen LogP) is -3.23. The van der Waals surface area contributed by atoms with Crippen molar-refractivity contribution < 1.29 is 119 Å². The van der Waals surface area contributed by atoms with Crippen LogP contribution in [-0.2, 0) is 52.2 Å². The van der Waals surface area contributed by atoms with Gasteiger partial charge in [0.1, 0.15) is 97.3 Å². The highest BCUT2D eigenvalue weighted by Gasteiger charge is 2.64. The predicted molar refractivity (Wildman–Crippen MR) is 252 cm³/mol. The van der Waals surface area contributed by atoms with Crippen LogP contribution in [0.5, 0.6) is 0 Å². The van der Waals surface area contributed by atoms with Gasteiger partial charge in [0.25, 0.3) is 0 Å². The average Bonchev–Trinajstić information content (AvgIpc) is 3.68. The Kier molecular flexibility index (Phi) is 18.6. The van der Waals surface area contributed by atoms with Gasteiger partial charge in [0, 0.05) is 0 Å². The van der Waals surface area contributed by atoms with Crippen LogP contribution in [0.4, 0.5) is 0 Å². The van der Waals surface area contributed by atoms with Gasteiger partial charge in [-0.1, -0.05) is 32.4 Å². The Morgan fingerprint density at radius 1 is 0.680 bits per heavy atom. The van der Waals surface area contributed by atoms with Crippen molar-refractivity contribution in [3.63, 3.8) is 0 Å². The molecule has 4 heterocycles. The highest BCUT2D eigenvalue weighted by Crippen LogP contribution is 2.67. The molecular formula is C51H82O24. The van der Waals surface area contributed by atoms with Gasteiger partial charge in [-0.15, -0.1) is 0 Å². The third kappa shape index (κ3) is 11.4. The molecule has 0 unspecified atom stereocenters. The van der Waals surface area contributed by atoms with Crippen molar-refractivity contribution in [2.75, 3.05) is 19.8 Å². The largest absolute Gasteiger partial charge is 0.460 e. The van der Waals surface area contributed by atoms with E-state index in [2.05, 4.69) is 19.9 Å². The first-order chi connectivity index (χ1) is 35.3. The lowest BCUT2D eigenvalue weighted by Crippen LogP contribution is -2.66. The van der Waals surface area contributed by atoms with Crippen molar-refractivity contribution in [3.05, 3.63) is 11.6 Å². The van der Waals surface area contributed by atoms with Gasteiger partial charge in [0.2, 0.25) is 0 Å². The SMILES string of the molecule is CC(=O)[C@H]1[C@H](OC(=O)[C@@H](O)C[C@@H](C)CO[C@H]2O[C@@H](CO)[C@H](O)[C@@H](O)[C@@H]2O)C[C@H]2[C@@H]3CC=C4C[C@@H](O[C@H]5O[C@@H](CO)[C@H](O[C@@H]6O[C@@H](C)[C@H](O)[C@@H](O)[C@H]6O)[C@@H](O)[C@@H]5O[C@@H]5O[C@@H](C)[C@H](O)[C@@H](O)[C@H]5O)CC[C@]4(C)[C@H]3CC[C@@]21C. The second kappa shape index (κ2) is 23.6. The zero-order valence-corrected chi connectivity index (χ0v) is 43.3. The summed E-state index contributed by atoms with van der Waals surface area (Å²) in [5.74, 6) is -1.77. The number of fused-ring (bicyclic) bond motifs is 5. The summed E-state index contributed by atoms with van der Waals surface area (Å²) < 4.78 is 53.5. The number of Topliss-reactive ketones (excluding diaryl/α,β-unsaturated/α-hetero) is 1. The quantitative estimate of drug-likeness (QED) is 0.0534. The molecule has 0 radical (unpaired) electrons. The molecule has 30 atom stereocenters. The van der Waals surface area contributed by atoms with Gasteiger partial charge in [-0.25, -0.2) is 4.79 Å². The van der Waals surface area contributed by atoms with E-state index in [9.17, 15) is 76.0 Å². The van der Waals surface area contributed by atoms with Gasteiger partial charge in [-0.05, 0) is 107 Å². The normalized spacial score (nSPS) is 50.9. The number of hydrogen-bond acceptors (Lipinski definition) is 24. The van der Waals surface area contributed by atoms with Crippen LogP contribution in [-0.4, -0.2) is 239 Å². The molecule has 0 aromatic rings. The maximum Gasteiger partial charge on any atom is 0.335 e. The first kappa shape index (κ1) is 59.2. The van der Waals surface area contributed by atoms with Gasteiger partial charge in [0.05, 0.1) is 44.1 Å². The van der Waals surface area contributed by atoms with E-state index < -0.39 is 178 Å². The summed E-state index contributed by atoms with van der Waals surface area (Å²) in [6.45, 7) is 8.96. The van der Waals surface area contributed by atoms with Gasteiger partial charge < -0.3 is 109 Å². The van der Waals surface area contributed by atoms with Crippen molar-refractivity contribution in [2.24, 2.45) is 40.4 Å². The summed E-state index contributed by atoms with van der Waals surface area (Å²) in [5.41, 5.74) is 0.343. The van der Waals surface area contributed by atoms with Crippen LogP contribution in [0.3, 0.4) is 0 Å². The molecular weight excluding hydrogens is 997 g/mol. The van der Waals surface area contributed by atoms with Gasteiger partial charge in [-0.2, -0.15) is 0 Å². The van der Waals surface area contributed by atoms with E-state index in [0.29, 0.717) is 38.5 Å². The van der Waals surface area contributed by atoms with E-state index in [1.54, 1.807) is 6.92 Å². The molecule has 3 saturated carbocycles. The van der Waals surface area contributed by atoms with Gasteiger partial charge >= 0.3 is 5.97 Å². The molecule has 4 aliphatic heterocycles. The van der Waals surface area contributed by atoms with E-state index in [-0.39, 0.29) is 42.0 Å². The Morgan fingerprint density at radius 2 is 1.25 bits per heavy atom. The number of hydrogen-bond donors (Lipinski definition) is 13. The van der Waals surface area contributed by atoms with Crippen molar-refractivity contribution in [2.45, 2.75) is 234 Å². The number of carbonyl (C=O) groups excluding carboxylic acids is 2. The highest BCUT2D eigenvalue weighted by molar-refractivity contribution is 5.81. The molecule has 4 saturated heterocycles. The Hall–Kier alpha value is -1.96. The third-order valence-corrected chi connectivity index (χ3v) is 18.4. The molecule has 24 nitrogen and oxygen atoms in total. The Balaban J connectivity index is 0.932. The fourth-order valence-corrected chi connectivity index (χ4v) is 14.0. The van der Waals surface area contributed by atoms with E-state index in [4.69, 9.17) is 42.6 Å². The molecule has 75 heavy (non-hydrogen) atoms. The van der Waals surface area contributed by atoms with Gasteiger partial charge in [0.15, 0.2) is 31.3 Å². The summed E-state index contributed by atoms with van der Waals surface area (Å²) in [4.78, 5) is 27.1. The van der Waals surface area contributed by atoms with Crippen molar-refractivity contribution in [1.82, 2.24) is 0 Å². The number of aliphatic hydroxyl groups excluding tert-OH is 13. The van der Waals surface area contributed by atoms with E-state index in [1.807, 2.05) is 0 Å². The first-order valence-electron chi connectivity index (χ1n) is 26.7. The first-order valence-corrected chi connectivity index (χ1v) is 26.7. The van der Waals surface area contributed by atoms with Crippen LogP contribution in [0.1, 0.15) is 92.9 Å². The maximum atomic E-state index is 13.6. The van der Waals surface area contributed by atoms with Crippen molar-refractivity contribution in [1.29, 1.82) is 0 Å². The lowest BCUT2D eigenvalue weighted by Gasteiger charge is -2.58. The minimum Gasteiger partial charge on any atom is -0.460 e. The fourth-order valence-electron chi connectivity index (χ4n) is 14.0. The van der Waals surface area contributed by atoms with E-state index in [0.717, 1.165) is 12.0 Å². The number of esters is 1. The van der Waals surface area contributed by atoms with Crippen molar-refractivity contribution in [3.8, 4) is 0 Å². The molecule has 0 bridgehead atoms. The summed E-state index contributed by atoms with van der Waals surface area (Å²) >= 11 is 0. The molecule has 4 aliphatic carbocycles. The molecule has 8 aliphatic rings. The molecule has 0 spiro atoms. The van der Waals surface area contributed by atoms with Crippen LogP contribution in [0.2, 0.25) is 0 Å². The Bertz CT molecular complexity index is 1980. The molecule has 0 amide bonds. The minimum atomic E-state index is -1.79. The molecule has 430 valence electrons. The number of carbonyl (C=O) groups is 2. The molecule has 24 heteroatoms. The summed E-state index contributed by atoms with van der Waals surface area (Å²) in [6.07, 6.45) is -26.6. The Labute approximate surface area is 435 Å². The number of aliphatic hydroxyl groups is 13.